The fourth-order valence-electron chi connectivity index (χ4n) is 3.08. The van der Waals surface area contributed by atoms with Gasteiger partial charge in [-0.2, -0.15) is 0 Å². The molecule has 0 aromatic carbocycles. The number of carbonyl (C=O) groups excluding carboxylic acids is 1. The van der Waals surface area contributed by atoms with Gasteiger partial charge in [0.05, 0.1) is 5.69 Å². The molecule has 2 unspecified atom stereocenters. The smallest absolute Gasteiger partial charge is 0.326 e. The van der Waals surface area contributed by atoms with Crippen molar-refractivity contribution in [3.8, 4) is 0 Å². The number of carboxylic acid groups (broad SMARTS) is 1. The Morgan fingerprint density at radius 2 is 2.14 bits per heavy atom. The van der Waals surface area contributed by atoms with Crippen molar-refractivity contribution in [2.24, 2.45) is 5.92 Å². The van der Waals surface area contributed by atoms with Crippen LogP contribution in [0.25, 0.3) is 0 Å². The van der Waals surface area contributed by atoms with Crippen LogP contribution in [0.1, 0.15) is 43.2 Å². The van der Waals surface area contributed by atoms with E-state index in [1.165, 1.54) is 4.90 Å². The van der Waals surface area contributed by atoms with Gasteiger partial charge in [-0.1, -0.05) is 12.1 Å². The number of aromatic nitrogens is 1. The summed E-state index contributed by atoms with van der Waals surface area (Å²) in [6, 6.07) is -0.698. The molecule has 6 heteroatoms. The Hall–Kier alpha value is -1.85. The highest BCUT2D eigenvalue weighted by Crippen LogP contribution is 2.25. The van der Waals surface area contributed by atoms with Crippen molar-refractivity contribution in [3.63, 3.8) is 0 Å². The molecular weight excluding hydrogens is 272 g/mol. The van der Waals surface area contributed by atoms with Crippen LogP contribution in [0.5, 0.6) is 0 Å². The molecule has 1 aliphatic heterocycles. The van der Waals surface area contributed by atoms with Crippen molar-refractivity contribution in [1.29, 1.82) is 0 Å². The number of piperidine rings is 1. The zero-order chi connectivity index (χ0) is 15.6. The molecule has 6 nitrogen and oxygen atoms in total. The zero-order valence-electron chi connectivity index (χ0n) is 12.8. The first-order chi connectivity index (χ1) is 9.91. The third kappa shape index (κ3) is 3.25. The van der Waals surface area contributed by atoms with Crippen molar-refractivity contribution in [3.05, 3.63) is 17.0 Å². The van der Waals surface area contributed by atoms with Gasteiger partial charge in [-0.15, -0.1) is 0 Å². The molecule has 1 aromatic rings. The number of rotatable bonds is 4. The van der Waals surface area contributed by atoms with E-state index in [0.29, 0.717) is 19.4 Å². The lowest BCUT2D eigenvalue weighted by Crippen LogP contribution is -2.52. The number of nitrogens with zero attached hydrogens (tertiary/aromatic N) is 2. The first-order valence-corrected chi connectivity index (χ1v) is 7.35. The van der Waals surface area contributed by atoms with E-state index < -0.39 is 12.0 Å². The van der Waals surface area contributed by atoms with Crippen LogP contribution in [0, 0.1) is 19.8 Å². The van der Waals surface area contributed by atoms with E-state index in [4.69, 9.17) is 4.52 Å². The van der Waals surface area contributed by atoms with Gasteiger partial charge in [0.1, 0.15) is 11.8 Å². The molecule has 0 spiro atoms. The molecule has 1 saturated heterocycles. The molecule has 2 heterocycles. The Kier molecular flexibility index (Phi) is 4.65. The first-order valence-electron chi connectivity index (χ1n) is 7.35. The zero-order valence-corrected chi connectivity index (χ0v) is 12.8. The Morgan fingerprint density at radius 3 is 2.71 bits per heavy atom. The van der Waals surface area contributed by atoms with E-state index in [0.717, 1.165) is 29.9 Å². The topological polar surface area (TPSA) is 83.6 Å². The Labute approximate surface area is 124 Å². The molecule has 2 atom stereocenters. The minimum atomic E-state index is -0.909. The molecule has 0 radical (unpaired) electrons. The summed E-state index contributed by atoms with van der Waals surface area (Å²) in [7, 11) is 0. The molecule has 1 aromatic heterocycles. The maximum Gasteiger partial charge on any atom is 0.326 e. The Bertz CT molecular complexity index is 518. The van der Waals surface area contributed by atoms with E-state index in [2.05, 4.69) is 5.16 Å². The average Bonchev–Trinajstić information content (AvgIpc) is 2.74. The van der Waals surface area contributed by atoms with E-state index in [1.807, 2.05) is 20.8 Å². The Morgan fingerprint density at radius 1 is 1.43 bits per heavy atom. The summed E-state index contributed by atoms with van der Waals surface area (Å²) in [6.45, 7) is 6.09. The lowest BCUT2D eigenvalue weighted by Gasteiger charge is -2.37. The highest BCUT2D eigenvalue weighted by molar-refractivity contribution is 5.84. The van der Waals surface area contributed by atoms with Crippen molar-refractivity contribution in [2.75, 3.05) is 6.54 Å². The number of amides is 1. The second kappa shape index (κ2) is 6.28. The van der Waals surface area contributed by atoms with Gasteiger partial charge >= 0.3 is 5.97 Å². The van der Waals surface area contributed by atoms with Gasteiger partial charge in [-0.25, -0.2) is 4.79 Å². The lowest BCUT2D eigenvalue weighted by molar-refractivity contribution is -0.154. The monoisotopic (exact) mass is 294 g/mol. The van der Waals surface area contributed by atoms with Crippen molar-refractivity contribution < 1.29 is 19.2 Å². The average molecular weight is 294 g/mol. The van der Waals surface area contributed by atoms with Crippen LogP contribution in [0.4, 0.5) is 0 Å². The molecule has 1 fully saturated rings. The number of aliphatic carboxylic acids is 1. The largest absolute Gasteiger partial charge is 0.480 e. The fraction of sp³-hybridized carbons (Fsp3) is 0.667. The molecule has 2 rings (SSSR count). The third-order valence-corrected chi connectivity index (χ3v) is 4.28. The minimum absolute atomic E-state index is 0.000681. The van der Waals surface area contributed by atoms with Crippen molar-refractivity contribution >= 4 is 11.9 Å². The van der Waals surface area contributed by atoms with E-state index in [-0.39, 0.29) is 11.8 Å². The predicted octanol–water partition coefficient (Wildman–Crippen LogP) is 1.94. The van der Waals surface area contributed by atoms with Crippen LogP contribution in [-0.4, -0.2) is 39.6 Å². The number of aryl methyl sites for hydroxylation is 2. The molecule has 0 aliphatic carbocycles. The summed E-state index contributed by atoms with van der Waals surface area (Å²) in [4.78, 5) is 25.3. The third-order valence-electron chi connectivity index (χ3n) is 4.28. The number of likely N-dealkylation sites (tertiary alicyclic amines) is 1. The summed E-state index contributed by atoms with van der Waals surface area (Å²) in [5, 5.41) is 13.2. The van der Waals surface area contributed by atoms with Crippen molar-refractivity contribution in [1.82, 2.24) is 10.1 Å². The highest BCUT2D eigenvalue weighted by Gasteiger charge is 2.36. The van der Waals surface area contributed by atoms with E-state index >= 15 is 0 Å². The van der Waals surface area contributed by atoms with Gasteiger partial charge < -0.3 is 14.5 Å². The molecule has 116 valence electrons. The van der Waals surface area contributed by atoms with Crippen LogP contribution < -0.4 is 0 Å². The fourth-order valence-corrected chi connectivity index (χ4v) is 3.08. The molecule has 1 N–H and O–H groups in total. The molecule has 1 aliphatic rings. The summed E-state index contributed by atoms with van der Waals surface area (Å²) in [5.74, 6) is -0.289. The first kappa shape index (κ1) is 15.5. The van der Waals surface area contributed by atoms with Gasteiger partial charge in [0.25, 0.3) is 0 Å². The second-order valence-electron chi connectivity index (χ2n) is 5.79. The lowest BCUT2D eigenvalue weighted by atomic mass is 9.90. The van der Waals surface area contributed by atoms with Crippen LogP contribution in [-0.2, 0) is 16.0 Å². The van der Waals surface area contributed by atoms with E-state index in [1.54, 1.807) is 0 Å². The van der Waals surface area contributed by atoms with Crippen LogP contribution in [0.15, 0.2) is 4.52 Å². The molecule has 1 amide bonds. The van der Waals surface area contributed by atoms with Gasteiger partial charge in [0.15, 0.2) is 0 Å². The van der Waals surface area contributed by atoms with Gasteiger partial charge in [-0.3, -0.25) is 4.79 Å². The SMILES string of the molecule is Cc1noc(C)c1CCC(=O)N1CCCC(C)C1C(=O)O. The van der Waals surface area contributed by atoms with Crippen LogP contribution in [0.3, 0.4) is 0 Å². The minimum Gasteiger partial charge on any atom is -0.480 e. The number of hydrogen-bond acceptors (Lipinski definition) is 4. The van der Waals surface area contributed by atoms with Crippen LogP contribution in [0.2, 0.25) is 0 Å². The number of carbonyl (C=O) groups is 2. The van der Waals surface area contributed by atoms with E-state index in [9.17, 15) is 14.7 Å². The maximum atomic E-state index is 12.4. The highest BCUT2D eigenvalue weighted by atomic mass is 16.5. The normalized spacial score (nSPS) is 22.3. The van der Waals surface area contributed by atoms with Gasteiger partial charge in [0.2, 0.25) is 5.91 Å². The second-order valence-corrected chi connectivity index (χ2v) is 5.79. The standard InChI is InChI=1S/C15H22N2O4/c1-9-5-4-8-17(14(9)15(19)20)13(18)7-6-12-10(2)16-21-11(12)3/h9,14H,4-8H2,1-3H3,(H,19,20). The number of carboxylic acids is 1. The van der Waals surface area contributed by atoms with Gasteiger partial charge in [-0.05, 0) is 39.0 Å². The quantitative estimate of drug-likeness (QED) is 0.917. The maximum absolute atomic E-state index is 12.4. The van der Waals surface area contributed by atoms with Crippen LogP contribution >= 0.6 is 0 Å². The molecular formula is C15H22N2O4. The summed E-state index contributed by atoms with van der Waals surface area (Å²) in [6.07, 6.45) is 2.54. The summed E-state index contributed by atoms with van der Waals surface area (Å²) < 4.78 is 5.08. The molecule has 0 saturated carbocycles. The molecule has 0 bridgehead atoms. The van der Waals surface area contributed by atoms with Gasteiger partial charge in [0, 0.05) is 18.5 Å². The Balaban J connectivity index is 2.03. The predicted molar refractivity (Wildman–Crippen MR) is 75.8 cm³/mol. The molecule has 21 heavy (non-hydrogen) atoms. The summed E-state index contributed by atoms with van der Waals surface area (Å²) in [5.41, 5.74) is 1.74. The summed E-state index contributed by atoms with van der Waals surface area (Å²) >= 11 is 0. The number of hydrogen-bond donors (Lipinski definition) is 1. The van der Waals surface area contributed by atoms with Crippen molar-refractivity contribution in [2.45, 2.75) is 52.5 Å².